The third-order valence-electron chi connectivity index (χ3n) is 3.79. The Morgan fingerprint density at radius 1 is 1.32 bits per heavy atom. The Bertz CT molecular complexity index is 441. The zero-order valence-corrected chi connectivity index (χ0v) is 12.3. The number of aromatic nitrogens is 1. The molecule has 104 valence electrons. The van der Waals surface area contributed by atoms with Gasteiger partial charge in [-0.15, -0.1) is 0 Å². The van der Waals surface area contributed by atoms with Gasteiger partial charge in [-0.05, 0) is 44.2 Å². The molecule has 2 fully saturated rings. The van der Waals surface area contributed by atoms with Crippen molar-refractivity contribution in [2.45, 2.75) is 57.7 Å². The Balaban J connectivity index is 1.73. The van der Waals surface area contributed by atoms with Crippen molar-refractivity contribution in [2.24, 2.45) is 0 Å². The van der Waals surface area contributed by atoms with E-state index in [1.54, 1.807) is 0 Å². The fourth-order valence-corrected chi connectivity index (χ4v) is 2.57. The molecule has 2 aliphatic carbocycles. The highest BCUT2D eigenvalue weighted by Crippen LogP contribution is 2.32. The summed E-state index contributed by atoms with van der Waals surface area (Å²) >= 11 is 6.26. The van der Waals surface area contributed by atoms with Gasteiger partial charge in [-0.3, -0.25) is 0 Å². The van der Waals surface area contributed by atoms with Crippen molar-refractivity contribution in [3.8, 4) is 0 Å². The quantitative estimate of drug-likeness (QED) is 0.829. The van der Waals surface area contributed by atoms with E-state index in [-0.39, 0.29) is 0 Å². The lowest BCUT2D eigenvalue weighted by atomic mass is 10.3. The molecule has 4 heteroatoms. The maximum Gasteiger partial charge on any atom is 0.129 e. The molecule has 0 unspecified atom stereocenters. The largest absolute Gasteiger partial charge is 0.354 e. The fourth-order valence-electron chi connectivity index (χ4n) is 2.40. The standard InChI is InChI=1S/C15H22ClN3/c1-2-9-19(12-5-6-12)15-8-7-13(16)14(18-15)10-17-11-3-4-11/h7-8,11-12,17H,2-6,9-10H2,1H3. The molecule has 0 aliphatic heterocycles. The van der Waals surface area contributed by atoms with E-state index >= 15 is 0 Å². The van der Waals surface area contributed by atoms with Crippen molar-refractivity contribution in [2.75, 3.05) is 11.4 Å². The molecule has 0 radical (unpaired) electrons. The molecule has 0 bridgehead atoms. The molecular formula is C15H22ClN3. The van der Waals surface area contributed by atoms with Crippen LogP contribution in [0.25, 0.3) is 0 Å². The SMILES string of the molecule is CCCN(c1ccc(Cl)c(CNC2CC2)n1)C1CC1. The first kappa shape index (κ1) is 13.2. The van der Waals surface area contributed by atoms with Crippen LogP contribution in [0.15, 0.2) is 12.1 Å². The second-order valence-corrected chi connectivity index (χ2v) is 6.08. The van der Waals surface area contributed by atoms with E-state index in [1.807, 2.05) is 6.07 Å². The number of pyridine rings is 1. The average Bonchev–Trinajstić information content (AvgIpc) is 3.28. The third kappa shape index (κ3) is 3.40. The van der Waals surface area contributed by atoms with Crippen LogP contribution in [0.5, 0.6) is 0 Å². The van der Waals surface area contributed by atoms with Crippen molar-refractivity contribution >= 4 is 17.4 Å². The van der Waals surface area contributed by atoms with Crippen LogP contribution in [0.1, 0.15) is 44.7 Å². The molecule has 0 saturated heterocycles. The zero-order valence-electron chi connectivity index (χ0n) is 11.5. The Morgan fingerprint density at radius 2 is 2.11 bits per heavy atom. The molecule has 3 rings (SSSR count). The summed E-state index contributed by atoms with van der Waals surface area (Å²) in [6.45, 7) is 4.11. The van der Waals surface area contributed by atoms with Gasteiger partial charge in [0.15, 0.2) is 0 Å². The Morgan fingerprint density at radius 3 is 2.74 bits per heavy atom. The molecule has 0 aromatic carbocycles. The molecule has 0 spiro atoms. The first-order chi connectivity index (χ1) is 9.28. The van der Waals surface area contributed by atoms with Crippen molar-refractivity contribution in [1.29, 1.82) is 0 Å². The van der Waals surface area contributed by atoms with E-state index in [0.717, 1.165) is 36.0 Å². The lowest BCUT2D eigenvalue weighted by molar-refractivity contribution is 0.670. The molecule has 1 aromatic heterocycles. The number of anilines is 1. The lowest BCUT2D eigenvalue weighted by Crippen LogP contribution is -2.28. The Hall–Kier alpha value is -0.800. The minimum Gasteiger partial charge on any atom is -0.354 e. The van der Waals surface area contributed by atoms with Crippen LogP contribution in [0.3, 0.4) is 0 Å². The summed E-state index contributed by atoms with van der Waals surface area (Å²) in [4.78, 5) is 7.23. The van der Waals surface area contributed by atoms with Gasteiger partial charge in [0.25, 0.3) is 0 Å². The van der Waals surface area contributed by atoms with Gasteiger partial charge in [-0.25, -0.2) is 4.98 Å². The average molecular weight is 280 g/mol. The molecule has 19 heavy (non-hydrogen) atoms. The topological polar surface area (TPSA) is 28.2 Å². The molecule has 0 amide bonds. The number of hydrogen-bond acceptors (Lipinski definition) is 3. The number of halogens is 1. The normalized spacial score (nSPS) is 18.6. The van der Waals surface area contributed by atoms with E-state index in [9.17, 15) is 0 Å². The van der Waals surface area contributed by atoms with Crippen LogP contribution in [0.2, 0.25) is 5.02 Å². The van der Waals surface area contributed by atoms with E-state index in [4.69, 9.17) is 16.6 Å². The second-order valence-electron chi connectivity index (χ2n) is 5.68. The smallest absolute Gasteiger partial charge is 0.129 e. The summed E-state index contributed by atoms with van der Waals surface area (Å²) in [6, 6.07) is 5.46. The highest BCUT2D eigenvalue weighted by Gasteiger charge is 2.29. The summed E-state index contributed by atoms with van der Waals surface area (Å²) in [5.74, 6) is 1.10. The zero-order chi connectivity index (χ0) is 13.2. The molecule has 3 nitrogen and oxygen atoms in total. The van der Waals surface area contributed by atoms with Crippen LogP contribution >= 0.6 is 11.6 Å². The number of hydrogen-bond donors (Lipinski definition) is 1. The van der Waals surface area contributed by atoms with Gasteiger partial charge in [0, 0.05) is 25.2 Å². The van der Waals surface area contributed by atoms with Gasteiger partial charge >= 0.3 is 0 Å². The number of rotatable bonds is 7. The molecule has 0 atom stereocenters. The minimum atomic E-state index is 0.691. The predicted molar refractivity (Wildman–Crippen MR) is 79.8 cm³/mol. The number of nitrogens with zero attached hydrogens (tertiary/aromatic N) is 2. The van der Waals surface area contributed by atoms with Gasteiger partial charge in [0.05, 0.1) is 10.7 Å². The summed E-state index contributed by atoms with van der Waals surface area (Å²) in [5.41, 5.74) is 0.993. The lowest BCUT2D eigenvalue weighted by Gasteiger charge is -2.23. The first-order valence-electron chi connectivity index (χ1n) is 7.43. The van der Waals surface area contributed by atoms with Crippen LogP contribution in [-0.2, 0) is 6.54 Å². The van der Waals surface area contributed by atoms with Gasteiger partial charge < -0.3 is 10.2 Å². The van der Waals surface area contributed by atoms with E-state index in [0.29, 0.717) is 12.1 Å². The highest BCUT2D eigenvalue weighted by molar-refractivity contribution is 6.31. The van der Waals surface area contributed by atoms with Gasteiger partial charge in [0.2, 0.25) is 0 Å². The van der Waals surface area contributed by atoms with E-state index < -0.39 is 0 Å². The monoisotopic (exact) mass is 279 g/mol. The van der Waals surface area contributed by atoms with Crippen molar-refractivity contribution in [1.82, 2.24) is 10.3 Å². The summed E-state index contributed by atoms with van der Waals surface area (Å²) < 4.78 is 0. The van der Waals surface area contributed by atoms with Crippen LogP contribution < -0.4 is 10.2 Å². The van der Waals surface area contributed by atoms with Crippen molar-refractivity contribution in [3.63, 3.8) is 0 Å². The predicted octanol–water partition coefficient (Wildman–Crippen LogP) is 3.37. The van der Waals surface area contributed by atoms with Gasteiger partial charge in [-0.2, -0.15) is 0 Å². The highest BCUT2D eigenvalue weighted by atomic mass is 35.5. The Labute approximate surface area is 120 Å². The van der Waals surface area contributed by atoms with E-state index in [2.05, 4.69) is 23.2 Å². The van der Waals surface area contributed by atoms with Crippen molar-refractivity contribution < 1.29 is 0 Å². The second kappa shape index (κ2) is 5.68. The maximum atomic E-state index is 6.26. The summed E-state index contributed by atoms with van der Waals surface area (Å²) in [6.07, 6.45) is 6.36. The van der Waals surface area contributed by atoms with E-state index in [1.165, 1.54) is 25.7 Å². The summed E-state index contributed by atoms with van der Waals surface area (Å²) in [7, 11) is 0. The van der Waals surface area contributed by atoms with Gasteiger partial charge in [0.1, 0.15) is 5.82 Å². The molecule has 1 N–H and O–H groups in total. The number of nitrogens with one attached hydrogen (secondary N) is 1. The molecule has 1 aromatic rings. The maximum absolute atomic E-state index is 6.26. The van der Waals surface area contributed by atoms with Crippen molar-refractivity contribution in [3.05, 3.63) is 22.8 Å². The first-order valence-corrected chi connectivity index (χ1v) is 7.81. The van der Waals surface area contributed by atoms with Crippen LogP contribution in [0.4, 0.5) is 5.82 Å². The van der Waals surface area contributed by atoms with Crippen LogP contribution in [-0.4, -0.2) is 23.6 Å². The third-order valence-corrected chi connectivity index (χ3v) is 4.13. The van der Waals surface area contributed by atoms with Gasteiger partial charge in [-0.1, -0.05) is 18.5 Å². The molecule has 2 saturated carbocycles. The summed E-state index contributed by atoms with van der Waals surface area (Å²) in [5, 5.41) is 4.27. The molecule has 1 heterocycles. The fraction of sp³-hybridized carbons (Fsp3) is 0.667. The molecule has 2 aliphatic rings. The van der Waals surface area contributed by atoms with Crippen LogP contribution in [0, 0.1) is 0 Å². The Kier molecular flexibility index (Phi) is 3.94. The molecular weight excluding hydrogens is 258 g/mol. The minimum absolute atomic E-state index is 0.691.